The molecule has 0 saturated heterocycles. The Morgan fingerprint density at radius 1 is 1.20 bits per heavy atom. The lowest BCUT2D eigenvalue weighted by Crippen LogP contribution is -2.40. The van der Waals surface area contributed by atoms with Gasteiger partial charge in [0, 0.05) is 11.6 Å². The highest BCUT2D eigenvalue weighted by Gasteiger charge is 2.34. The lowest BCUT2D eigenvalue weighted by Gasteiger charge is -2.32. The maximum atomic E-state index is 11.5. The monoisotopic (exact) mass is 207 g/mol. The summed E-state index contributed by atoms with van der Waals surface area (Å²) < 4.78 is 0. The molecular weight excluding hydrogens is 186 g/mol. The maximum Gasteiger partial charge on any atom is 0.246 e. The summed E-state index contributed by atoms with van der Waals surface area (Å²) in [5, 5.41) is 3.09. The fourth-order valence-electron chi connectivity index (χ4n) is 3.14. The molecule has 0 aromatic heterocycles. The van der Waals surface area contributed by atoms with Crippen LogP contribution >= 0.6 is 0 Å². The summed E-state index contributed by atoms with van der Waals surface area (Å²) in [5.41, 5.74) is 0.628. The average Bonchev–Trinajstić information content (AvgIpc) is 2.64. The highest BCUT2D eigenvalue weighted by molar-refractivity contribution is 5.92. The minimum Gasteiger partial charge on any atom is -0.350 e. The molecule has 2 aliphatic rings. The lowest BCUT2D eigenvalue weighted by atomic mass is 9.79. The summed E-state index contributed by atoms with van der Waals surface area (Å²) in [6.45, 7) is 5.45. The number of carbonyl (C=O) groups excluding carboxylic acids is 1. The van der Waals surface area contributed by atoms with Crippen LogP contribution in [-0.2, 0) is 4.79 Å². The van der Waals surface area contributed by atoms with Gasteiger partial charge in [0.2, 0.25) is 5.91 Å². The van der Waals surface area contributed by atoms with Gasteiger partial charge in [-0.2, -0.15) is 0 Å². The molecular formula is C13H21NO. The standard InChI is InChI=1S/C13H21NO/c1-9(2)13(15)14-12-7-6-10-4-3-5-11(10)8-12/h10-12H,1,3-8H2,2H3,(H,14,15). The highest BCUT2D eigenvalue weighted by atomic mass is 16.1. The SMILES string of the molecule is C=C(C)C(=O)NC1CCC2CCCC2C1. The van der Waals surface area contributed by atoms with Crippen molar-refractivity contribution in [3.8, 4) is 0 Å². The quantitative estimate of drug-likeness (QED) is 0.693. The van der Waals surface area contributed by atoms with Crippen LogP contribution < -0.4 is 5.32 Å². The molecule has 0 radical (unpaired) electrons. The molecule has 0 spiro atoms. The van der Waals surface area contributed by atoms with E-state index in [-0.39, 0.29) is 5.91 Å². The van der Waals surface area contributed by atoms with Crippen molar-refractivity contribution < 1.29 is 4.79 Å². The Kier molecular flexibility index (Phi) is 3.13. The van der Waals surface area contributed by atoms with Crippen LogP contribution in [0.2, 0.25) is 0 Å². The average molecular weight is 207 g/mol. The zero-order valence-electron chi connectivity index (χ0n) is 9.59. The largest absolute Gasteiger partial charge is 0.350 e. The van der Waals surface area contributed by atoms with Crippen LogP contribution in [0.5, 0.6) is 0 Å². The van der Waals surface area contributed by atoms with E-state index in [1.165, 1.54) is 38.5 Å². The Bertz CT molecular complexity index is 272. The molecule has 2 saturated carbocycles. The van der Waals surface area contributed by atoms with Crippen molar-refractivity contribution in [1.29, 1.82) is 0 Å². The molecule has 15 heavy (non-hydrogen) atoms. The Balaban J connectivity index is 1.85. The fraction of sp³-hybridized carbons (Fsp3) is 0.769. The van der Waals surface area contributed by atoms with Gasteiger partial charge in [0.15, 0.2) is 0 Å². The Morgan fingerprint density at radius 2 is 1.93 bits per heavy atom. The molecule has 2 rings (SSSR count). The Hall–Kier alpha value is -0.790. The van der Waals surface area contributed by atoms with Crippen LogP contribution in [0.25, 0.3) is 0 Å². The van der Waals surface area contributed by atoms with Crippen LogP contribution in [-0.4, -0.2) is 11.9 Å². The van der Waals surface area contributed by atoms with E-state index in [2.05, 4.69) is 11.9 Å². The summed E-state index contributed by atoms with van der Waals surface area (Å²) >= 11 is 0. The number of rotatable bonds is 2. The summed E-state index contributed by atoms with van der Waals surface area (Å²) in [6.07, 6.45) is 7.88. The zero-order valence-corrected chi connectivity index (χ0v) is 9.59. The van der Waals surface area contributed by atoms with E-state index < -0.39 is 0 Å². The third-order valence-corrected chi connectivity index (χ3v) is 4.01. The number of carbonyl (C=O) groups is 1. The zero-order chi connectivity index (χ0) is 10.8. The van der Waals surface area contributed by atoms with Crippen molar-refractivity contribution in [1.82, 2.24) is 5.32 Å². The first-order valence-corrected chi connectivity index (χ1v) is 6.13. The second kappa shape index (κ2) is 4.38. The predicted octanol–water partition coefficient (Wildman–Crippen LogP) is 2.65. The maximum absolute atomic E-state index is 11.5. The van der Waals surface area contributed by atoms with E-state index in [4.69, 9.17) is 0 Å². The topological polar surface area (TPSA) is 29.1 Å². The third kappa shape index (κ3) is 2.42. The third-order valence-electron chi connectivity index (χ3n) is 4.01. The van der Waals surface area contributed by atoms with Crippen molar-refractivity contribution in [2.45, 2.75) is 51.5 Å². The van der Waals surface area contributed by atoms with E-state index in [1.54, 1.807) is 6.92 Å². The summed E-state index contributed by atoms with van der Waals surface area (Å²) in [5.74, 6) is 1.88. The first kappa shape index (κ1) is 10.7. The first-order valence-electron chi connectivity index (χ1n) is 6.13. The molecule has 2 fully saturated rings. The lowest BCUT2D eigenvalue weighted by molar-refractivity contribution is -0.118. The van der Waals surface area contributed by atoms with Crippen LogP contribution in [0.3, 0.4) is 0 Å². The summed E-state index contributed by atoms with van der Waals surface area (Å²) in [7, 11) is 0. The van der Waals surface area contributed by atoms with Crippen LogP contribution in [0, 0.1) is 11.8 Å². The molecule has 0 aliphatic heterocycles. The van der Waals surface area contributed by atoms with Gasteiger partial charge in [-0.05, 0) is 38.0 Å². The number of fused-ring (bicyclic) bond motifs is 1. The van der Waals surface area contributed by atoms with E-state index >= 15 is 0 Å². The van der Waals surface area contributed by atoms with Gasteiger partial charge in [-0.1, -0.05) is 25.8 Å². The molecule has 2 heteroatoms. The Morgan fingerprint density at radius 3 is 2.67 bits per heavy atom. The van der Waals surface area contributed by atoms with Crippen LogP contribution in [0.1, 0.15) is 45.4 Å². The van der Waals surface area contributed by atoms with Crippen molar-refractivity contribution in [2.24, 2.45) is 11.8 Å². The van der Waals surface area contributed by atoms with Crippen molar-refractivity contribution in [3.05, 3.63) is 12.2 Å². The minimum atomic E-state index is 0.0384. The van der Waals surface area contributed by atoms with Gasteiger partial charge in [0.25, 0.3) is 0 Å². The molecule has 0 heterocycles. The minimum absolute atomic E-state index is 0.0384. The van der Waals surface area contributed by atoms with Crippen LogP contribution in [0.4, 0.5) is 0 Å². The van der Waals surface area contributed by atoms with Gasteiger partial charge in [-0.3, -0.25) is 4.79 Å². The summed E-state index contributed by atoms with van der Waals surface area (Å²) in [4.78, 5) is 11.5. The van der Waals surface area contributed by atoms with Crippen LogP contribution in [0.15, 0.2) is 12.2 Å². The van der Waals surface area contributed by atoms with E-state index in [1.807, 2.05) is 0 Å². The highest BCUT2D eigenvalue weighted by Crippen LogP contribution is 2.41. The molecule has 3 unspecified atom stereocenters. The number of nitrogens with one attached hydrogen (secondary N) is 1. The van der Waals surface area contributed by atoms with Gasteiger partial charge < -0.3 is 5.32 Å². The van der Waals surface area contributed by atoms with Gasteiger partial charge in [-0.25, -0.2) is 0 Å². The van der Waals surface area contributed by atoms with E-state index in [9.17, 15) is 4.79 Å². The van der Waals surface area contributed by atoms with Gasteiger partial charge in [0.1, 0.15) is 0 Å². The van der Waals surface area contributed by atoms with E-state index in [0.717, 1.165) is 11.8 Å². The molecule has 84 valence electrons. The molecule has 0 bridgehead atoms. The number of amides is 1. The summed E-state index contributed by atoms with van der Waals surface area (Å²) in [6, 6.07) is 0.411. The normalized spacial score (nSPS) is 34.6. The van der Waals surface area contributed by atoms with Crippen molar-refractivity contribution in [2.75, 3.05) is 0 Å². The second-order valence-corrected chi connectivity index (χ2v) is 5.21. The van der Waals surface area contributed by atoms with E-state index in [0.29, 0.717) is 11.6 Å². The predicted molar refractivity (Wildman–Crippen MR) is 61.4 cm³/mol. The molecule has 2 aliphatic carbocycles. The smallest absolute Gasteiger partial charge is 0.246 e. The molecule has 3 atom stereocenters. The first-order chi connectivity index (χ1) is 7.16. The molecule has 1 N–H and O–H groups in total. The molecule has 2 nitrogen and oxygen atoms in total. The van der Waals surface area contributed by atoms with Crippen molar-refractivity contribution in [3.63, 3.8) is 0 Å². The molecule has 0 aromatic carbocycles. The van der Waals surface area contributed by atoms with Crippen molar-refractivity contribution >= 4 is 5.91 Å². The number of hydrogen-bond acceptors (Lipinski definition) is 1. The Labute approximate surface area is 92.1 Å². The van der Waals surface area contributed by atoms with Gasteiger partial charge in [-0.15, -0.1) is 0 Å². The second-order valence-electron chi connectivity index (χ2n) is 5.21. The van der Waals surface area contributed by atoms with Gasteiger partial charge >= 0.3 is 0 Å². The fourth-order valence-corrected chi connectivity index (χ4v) is 3.14. The molecule has 1 amide bonds. The molecule has 0 aromatic rings. The number of hydrogen-bond donors (Lipinski definition) is 1. The van der Waals surface area contributed by atoms with Gasteiger partial charge in [0.05, 0.1) is 0 Å².